The summed E-state index contributed by atoms with van der Waals surface area (Å²) >= 11 is 5.45. The molecule has 2 aromatic rings. The Morgan fingerprint density at radius 3 is 2.30 bits per heavy atom. The maximum absolute atomic E-state index is 6.28. The van der Waals surface area contributed by atoms with Crippen molar-refractivity contribution < 1.29 is 20.8 Å². The predicted molar refractivity (Wildman–Crippen MR) is 85.9 cm³/mol. The third kappa shape index (κ3) is 3.77. The van der Waals surface area contributed by atoms with E-state index in [1.54, 1.807) is 0 Å². The van der Waals surface area contributed by atoms with Crippen LogP contribution in [0, 0.1) is 0 Å². The molecule has 102 valence electrons. The summed E-state index contributed by atoms with van der Waals surface area (Å²) in [4.78, 5) is 0. The van der Waals surface area contributed by atoms with Crippen LogP contribution in [0.4, 0.5) is 0 Å². The van der Waals surface area contributed by atoms with E-state index in [4.69, 9.17) is 28.6 Å². The van der Waals surface area contributed by atoms with Crippen molar-refractivity contribution in [1.29, 1.82) is 0 Å². The number of fused-ring (bicyclic) bond motifs is 1. The molecule has 0 atom stereocenters. The van der Waals surface area contributed by atoms with E-state index >= 15 is 0 Å². The molecule has 0 N–H and O–H groups in total. The normalized spacial score (nSPS) is 12.1. The van der Waals surface area contributed by atoms with Crippen LogP contribution in [0.3, 0.4) is 0 Å². The number of hydrogen-bond donors (Lipinski definition) is 0. The van der Waals surface area contributed by atoms with E-state index in [9.17, 15) is 0 Å². The van der Waals surface area contributed by atoms with Crippen LogP contribution in [0.5, 0.6) is 0 Å². The molecule has 0 amide bonds. The van der Waals surface area contributed by atoms with E-state index in [2.05, 4.69) is 37.3 Å². The Morgan fingerprint density at radius 2 is 1.60 bits per heavy atom. The van der Waals surface area contributed by atoms with Gasteiger partial charge in [0.15, 0.2) is 0 Å². The summed E-state index contributed by atoms with van der Waals surface area (Å²) in [7, 11) is 9.87. The van der Waals surface area contributed by atoms with Gasteiger partial charge in [0.1, 0.15) is 0 Å². The fraction of sp³-hybridized carbons (Fsp3) is 0.125. The fourth-order valence-electron chi connectivity index (χ4n) is 2.45. The molecule has 20 heavy (non-hydrogen) atoms. The Balaban J connectivity index is 0.000000452. The Hall–Kier alpha value is -0.0669. The molecule has 0 heterocycles. The van der Waals surface area contributed by atoms with Crippen LogP contribution in [0.15, 0.2) is 48.0 Å². The topological polar surface area (TPSA) is 0 Å². The minimum atomic E-state index is -0.826. The van der Waals surface area contributed by atoms with Crippen molar-refractivity contribution in [2.45, 2.75) is 13.3 Å². The van der Waals surface area contributed by atoms with Crippen LogP contribution in [-0.4, -0.2) is 0 Å². The van der Waals surface area contributed by atoms with Crippen molar-refractivity contribution in [2.24, 2.45) is 0 Å². The minimum absolute atomic E-state index is 0.818. The van der Waals surface area contributed by atoms with Gasteiger partial charge in [-0.2, -0.15) is 0 Å². The van der Waals surface area contributed by atoms with Crippen molar-refractivity contribution in [1.82, 2.24) is 0 Å². The molecule has 0 saturated heterocycles. The van der Waals surface area contributed by atoms with E-state index < -0.39 is 20.8 Å². The van der Waals surface area contributed by atoms with Crippen molar-refractivity contribution >= 4 is 34.7 Å². The monoisotopic (exact) mass is 400 g/mol. The van der Waals surface area contributed by atoms with Gasteiger partial charge < -0.3 is 0 Å². The van der Waals surface area contributed by atoms with Crippen molar-refractivity contribution in [2.75, 3.05) is 0 Å². The molecule has 0 saturated carbocycles. The third-order valence-corrected chi connectivity index (χ3v) is 3.55. The Morgan fingerprint density at radius 1 is 0.950 bits per heavy atom. The first-order valence-corrected chi connectivity index (χ1v) is 12.9. The number of allylic oxidation sites excluding steroid dienone is 1. The van der Waals surface area contributed by atoms with Gasteiger partial charge >= 0.3 is 37.9 Å². The van der Waals surface area contributed by atoms with Gasteiger partial charge in [-0.25, -0.2) is 0 Å². The summed E-state index contributed by atoms with van der Waals surface area (Å²) in [6, 6.07) is 14.5. The summed E-state index contributed by atoms with van der Waals surface area (Å²) in [6.45, 7) is 2.18. The molecular formula is C16H13Cl3Zr. The maximum atomic E-state index is 6.28. The van der Waals surface area contributed by atoms with Crippen LogP contribution >= 0.6 is 28.6 Å². The molecule has 0 fully saturated rings. The van der Waals surface area contributed by atoms with Crippen molar-refractivity contribution in [3.63, 3.8) is 0 Å². The van der Waals surface area contributed by atoms with E-state index in [1.165, 1.54) is 22.3 Å². The predicted octanol–water partition coefficient (Wildman–Crippen LogP) is 6.34. The third-order valence-electron chi connectivity index (χ3n) is 3.22. The average Bonchev–Trinajstić information content (AvgIpc) is 2.80. The van der Waals surface area contributed by atoms with Gasteiger partial charge in [0.05, 0.1) is 0 Å². The van der Waals surface area contributed by atoms with E-state index in [1.807, 2.05) is 18.2 Å². The van der Waals surface area contributed by atoms with E-state index in [0.29, 0.717) is 0 Å². The fourth-order valence-corrected chi connectivity index (χ4v) is 2.69. The Bertz CT molecular complexity index is 635. The molecule has 0 aromatic heterocycles. The van der Waals surface area contributed by atoms with Gasteiger partial charge in [-0.3, -0.25) is 0 Å². The summed E-state index contributed by atoms with van der Waals surface area (Å²) in [5.41, 5.74) is 6.51. The molecule has 0 unspecified atom stereocenters. The standard InChI is InChI=1S/C16H13Cl.2ClH.Zr/c1-11-9-12-5-4-7-13(15(12)10-11)14-6-2-3-8-16(14)17;;;/h2-8,10H,9H2,1H3;2*1H;/q;;;+2/p-2. The number of hydrogen-bond acceptors (Lipinski definition) is 0. The molecule has 2 aromatic carbocycles. The number of rotatable bonds is 1. The van der Waals surface area contributed by atoms with Gasteiger partial charge in [0, 0.05) is 10.6 Å². The first-order valence-electron chi connectivity index (χ1n) is 6.17. The Kier molecular flexibility index (Phi) is 6.36. The van der Waals surface area contributed by atoms with Gasteiger partial charge in [0.2, 0.25) is 0 Å². The van der Waals surface area contributed by atoms with Crippen LogP contribution in [0.25, 0.3) is 17.2 Å². The summed E-state index contributed by atoms with van der Waals surface area (Å²) < 4.78 is 0. The molecule has 0 aliphatic heterocycles. The molecule has 1 aliphatic rings. The average molecular weight is 403 g/mol. The van der Waals surface area contributed by atoms with Crippen LogP contribution in [0.2, 0.25) is 5.02 Å². The van der Waals surface area contributed by atoms with Crippen molar-refractivity contribution in [3.8, 4) is 11.1 Å². The summed E-state index contributed by atoms with van der Waals surface area (Å²) in [6.07, 6.45) is 3.33. The zero-order valence-electron chi connectivity index (χ0n) is 11.0. The second kappa shape index (κ2) is 7.80. The van der Waals surface area contributed by atoms with Gasteiger partial charge in [0.25, 0.3) is 0 Å². The van der Waals surface area contributed by atoms with Crippen LogP contribution < -0.4 is 0 Å². The molecule has 1 aliphatic carbocycles. The molecule has 0 spiro atoms. The van der Waals surface area contributed by atoms with E-state index in [0.717, 1.165) is 17.0 Å². The van der Waals surface area contributed by atoms with Crippen molar-refractivity contribution in [3.05, 3.63) is 64.2 Å². The van der Waals surface area contributed by atoms with Gasteiger partial charge in [-0.1, -0.05) is 59.6 Å². The zero-order valence-corrected chi connectivity index (χ0v) is 15.7. The first kappa shape index (κ1) is 16.3. The second-order valence-corrected chi connectivity index (χ2v) is 8.74. The summed E-state index contributed by atoms with van der Waals surface area (Å²) in [5, 5.41) is 0.818. The quantitative estimate of drug-likeness (QED) is 0.522. The van der Waals surface area contributed by atoms with E-state index in [-0.39, 0.29) is 0 Å². The molecule has 0 radical (unpaired) electrons. The molecule has 3 rings (SSSR count). The summed E-state index contributed by atoms with van der Waals surface area (Å²) in [5.74, 6) is 0. The molecular weight excluding hydrogens is 390 g/mol. The Labute approximate surface area is 143 Å². The van der Waals surface area contributed by atoms with Crippen LogP contribution in [0.1, 0.15) is 18.1 Å². The molecule has 0 nitrogen and oxygen atoms in total. The molecule has 0 bridgehead atoms. The van der Waals surface area contributed by atoms with Gasteiger partial charge in [-0.15, -0.1) is 0 Å². The van der Waals surface area contributed by atoms with Gasteiger partial charge in [-0.05, 0) is 36.1 Å². The van der Waals surface area contributed by atoms with Crippen LogP contribution in [-0.2, 0) is 27.3 Å². The number of benzene rings is 2. The number of halogens is 3. The second-order valence-electron chi connectivity index (χ2n) is 4.60. The first-order chi connectivity index (χ1) is 9.67. The SMILES string of the molecule is CC1=Cc2c(cccc2-c2ccccc2Cl)C1.[Cl][Zr][Cl]. The zero-order chi connectivity index (χ0) is 14.5. The molecule has 4 heteroatoms.